The maximum Gasteiger partial charge on any atom is 0.339 e. The Labute approximate surface area is 178 Å². The summed E-state index contributed by atoms with van der Waals surface area (Å²) in [4.78, 5) is 12.0. The van der Waals surface area contributed by atoms with E-state index in [0.717, 1.165) is 10.0 Å². The van der Waals surface area contributed by atoms with Crippen LogP contribution in [0.5, 0.6) is 11.5 Å². The normalized spacial score (nSPS) is 11.0. The fraction of sp³-hybridized carbons (Fsp3) is 0.300. The molecule has 0 atom stereocenters. The molecule has 0 saturated carbocycles. The van der Waals surface area contributed by atoms with E-state index in [1.807, 2.05) is 39.8 Å². The number of anilines is 1. The molecule has 8 heteroatoms. The molecule has 0 bridgehead atoms. The molecule has 0 radical (unpaired) electrons. The molecule has 28 heavy (non-hydrogen) atoms. The molecular weight excluding hydrogens is 446 g/mol. The van der Waals surface area contributed by atoms with Gasteiger partial charge in [0.15, 0.2) is 11.5 Å². The highest BCUT2D eigenvalue weighted by Crippen LogP contribution is 2.37. The van der Waals surface area contributed by atoms with Gasteiger partial charge in [0, 0.05) is 10.2 Å². The standard InChI is InChI=1S/C20H23BrClN3O3/c1-5-27-18-10-14(9-17(22)19(18)28-12(2)3)11-23-25-20(26)24-15-6-7-16(21)13(4)8-15/h6-12H,5H2,1-4H3,(H2,24,25,26)/b23-11+. The number of halogens is 2. The topological polar surface area (TPSA) is 72.0 Å². The van der Waals surface area contributed by atoms with Crippen molar-refractivity contribution in [2.75, 3.05) is 11.9 Å². The van der Waals surface area contributed by atoms with Crippen LogP contribution in [0.25, 0.3) is 0 Å². The maximum absolute atomic E-state index is 12.0. The molecule has 2 aromatic rings. The van der Waals surface area contributed by atoms with Crippen LogP contribution < -0.4 is 20.2 Å². The third-order valence-corrected chi connectivity index (χ3v) is 4.65. The third-order valence-electron chi connectivity index (χ3n) is 3.48. The monoisotopic (exact) mass is 467 g/mol. The summed E-state index contributed by atoms with van der Waals surface area (Å²) in [6.07, 6.45) is 1.45. The van der Waals surface area contributed by atoms with Crippen LogP contribution in [0.3, 0.4) is 0 Å². The van der Waals surface area contributed by atoms with Gasteiger partial charge in [-0.05, 0) is 69.2 Å². The van der Waals surface area contributed by atoms with E-state index in [1.54, 1.807) is 18.2 Å². The molecule has 150 valence electrons. The molecule has 0 aliphatic rings. The summed E-state index contributed by atoms with van der Waals surface area (Å²) in [6, 6.07) is 8.52. The van der Waals surface area contributed by atoms with Gasteiger partial charge in [0.2, 0.25) is 0 Å². The second-order valence-electron chi connectivity index (χ2n) is 6.22. The van der Waals surface area contributed by atoms with Gasteiger partial charge in [-0.3, -0.25) is 0 Å². The van der Waals surface area contributed by atoms with Crippen molar-refractivity contribution in [2.24, 2.45) is 5.10 Å². The van der Waals surface area contributed by atoms with Crippen molar-refractivity contribution >= 4 is 45.5 Å². The zero-order valence-electron chi connectivity index (χ0n) is 16.2. The van der Waals surface area contributed by atoms with Gasteiger partial charge in [-0.15, -0.1) is 0 Å². The average Bonchev–Trinajstić information content (AvgIpc) is 2.61. The molecule has 0 aromatic heterocycles. The number of amides is 2. The fourth-order valence-electron chi connectivity index (χ4n) is 2.32. The van der Waals surface area contributed by atoms with E-state index in [9.17, 15) is 4.79 Å². The molecule has 0 heterocycles. The van der Waals surface area contributed by atoms with Crippen LogP contribution in [0, 0.1) is 6.92 Å². The van der Waals surface area contributed by atoms with Gasteiger partial charge >= 0.3 is 6.03 Å². The van der Waals surface area contributed by atoms with Crippen LogP contribution >= 0.6 is 27.5 Å². The first kappa shape index (κ1) is 22.0. The van der Waals surface area contributed by atoms with Crippen molar-refractivity contribution in [3.8, 4) is 11.5 Å². The quantitative estimate of drug-likeness (QED) is 0.401. The number of ether oxygens (including phenoxy) is 2. The van der Waals surface area contributed by atoms with Gasteiger partial charge in [-0.1, -0.05) is 27.5 Å². The molecule has 2 aromatic carbocycles. The smallest absolute Gasteiger partial charge is 0.339 e. The minimum absolute atomic E-state index is 0.0381. The van der Waals surface area contributed by atoms with Crippen LogP contribution in [-0.4, -0.2) is 25.0 Å². The Morgan fingerprint density at radius 2 is 2.07 bits per heavy atom. The highest BCUT2D eigenvalue weighted by molar-refractivity contribution is 9.10. The van der Waals surface area contributed by atoms with Crippen molar-refractivity contribution in [2.45, 2.75) is 33.8 Å². The van der Waals surface area contributed by atoms with Crippen molar-refractivity contribution in [3.63, 3.8) is 0 Å². The zero-order valence-corrected chi connectivity index (χ0v) is 18.5. The largest absolute Gasteiger partial charge is 0.490 e. The number of urea groups is 1. The molecular formula is C20H23BrClN3O3. The first-order valence-electron chi connectivity index (χ1n) is 8.79. The second kappa shape index (κ2) is 10.3. The minimum atomic E-state index is -0.450. The van der Waals surface area contributed by atoms with Crippen LogP contribution in [0.2, 0.25) is 5.02 Å². The molecule has 0 fully saturated rings. The predicted molar refractivity (Wildman–Crippen MR) is 117 cm³/mol. The van der Waals surface area contributed by atoms with E-state index in [4.69, 9.17) is 21.1 Å². The minimum Gasteiger partial charge on any atom is -0.490 e. The fourth-order valence-corrected chi connectivity index (χ4v) is 2.83. The van der Waals surface area contributed by atoms with Crippen LogP contribution in [0.15, 0.2) is 39.9 Å². The number of hydrogen-bond donors (Lipinski definition) is 2. The maximum atomic E-state index is 12.0. The lowest BCUT2D eigenvalue weighted by Crippen LogP contribution is -2.24. The Morgan fingerprint density at radius 3 is 2.71 bits per heavy atom. The number of hydrogen-bond acceptors (Lipinski definition) is 4. The van der Waals surface area contributed by atoms with Gasteiger partial charge in [0.1, 0.15) is 0 Å². The number of carbonyl (C=O) groups excluding carboxylic acids is 1. The van der Waals surface area contributed by atoms with Crippen molar-refractivity contribution in [1.82, 2.24) is 5.43 Å². The number of benzene rings is 2. The summed E-state index contributed by atoms with van der Waals surface area (Å²) < 4.78 is 12.3. The lowest BCUT2D eigenvalue weighted by Gasteiger charge is -2.16. The highest BCUT2D eigenvalue weighted by Gasteiger charge is 2.13. The summed E-state index contributed by atoms with van der Waals surface area (Å²) in [5.41, 5.74) is 4.78. The molecule has 0 aliphatic carbocycles. The summed E-state index contributed by atoms with van der Waals surface area (Å²) in [7, 11) is 0. The molecule has 0 spiro atoms. The van der Waals surface area contributed by atoms with Crippen molar-refractivity contribution in [1.29, 1.82) is 0 Å². The third kappa shape index (κ3) is 6.42. The molecule has 0 saturated heterocycles. The van der Waals surface area contributed by atoms with Crippen LogP contribution in [-0.2, 0) is 0 Å². The lowest BCUT2D eigenvalue weighted by atomic mass is 10.2. The van der Waals surface area contributed by atoms with E-state index < -0.39 is 6.03 Å². The van der Waals surface area contributed by atoms with E-state index in [-0.39, 0.29) is 6.10 Å². The number of nitrogens with zero attached hydrogens (tertiary/aromatic N) is 1. The van der Waals surface area contributed by atoms with Gasteiger partial charge < -0.3 is 14.8 Å². The second-order valence-corrected chi connectivity index (χ2v) is 7.48. The van der Waals surface area contributed by atoms with Crippen molar-refractivity contribution in [3.05, 3.63) is 51.0 Å². The number of rotatable bonds is 7. The molecule has 0 unspecified atom stereocenters. The highest BCUT2D eigenvalue weighted by atomic mass is 79.9. The average molecular weight is 469 g/mol. The predicted octanol–water partition coefficient (Wildman–Crippen LogP) is 5.75. The summed E-state index contributed by atoms with van der Waals surface area (Å²) in [5, 5.41) is 7.09. The SMILES string of the molecule is CCOc1cc(/C=N/NC(=O)Nc2ccc(Br)c(C)c2)cc(Cl)c1OC(C)C. The first-order chi connectivity index (χ1) is 13.3. The number of aryl methyl sites for hydroxylation is 1. The molecule has 2 amide bonds. The van der Waals surface area contributed by atoms with Gasteiger partial charge in [-0.25, -0.2) is 10.2 Å². The van der Waals surface area contributed by atoms with E-state index in [2.05, 4.69) is 31.8 Å². The Hall–Kier alpha value is -2.25. The summed E-state index contributed by atoms with van der Waals surface area (Å²) in [6.45, 7) is 8.12. The first-order valence-corrected chi connectivity index (χ1v) is 9.96. The summed E-state index contributed by atoms with van der Waals surface area (Å²) in [5.74, 6) is 1.02. The molecule has 2 N–H and O–H groups in total. The van der Waals surface area contributed by atoms with Gasteiger partial charge in [-0.2, -0.15) is 5.10 Å². The van der Waals surface area contributed by atoms with Gasteiger partial charge in [0.05, 0.1) is 23.9 Å². The van der Waals surface area contributed by atoms with Gasteiger partial charge in [0.25, 0.3) is 0 Å². The van der Waals surface area contributed by atoms with E-state index in [0.29, 0.717) is 34.4 Å². The Morgan fingerprint density at radius 1 is 1.32 bits per heavy atom. The van der Waals surface area contributed by atoms with Crippen LogP contribution in [0.1, 0.15) is 31.9 Å². The number of nitrogens with one attached hydrogen (secondary N) is 2. The Bertz CT molecular complexity index is 872. The Kier molecular flexibility index (Phi) is 8.14. The number of hydrazone groups is 1. The van der Waals surface area contributed by atoms with E-state index in [1.165, 1.54) is 6.21 Å². The molecule has 2 rings (SSSR count). The lowest BCUT2D eigenvalue weighted by molar-refractivity contribution is 0.224. The zero-order chi connectivity index (χ0) is 20.7. The van der Waals surface area contributed by atoms with Crippen LogP contribution in [0.4, 0.5) is 10.5 Å². The number of carbonyl (C=O) groups is 1. The summed E-state index contributed by atoms with van der Waals surface area (Å²) >= 11 is 9.74. The molecule has 0 aliphatic heterocycles. The van der Waals surface area contributed by atoms with E-state index >= 15 is 0 Å². The Balaban J connectivity index is 2.06. The van der Waals surface area contributed by atoms with Crippen molar-refractivity contribution < 1.29 is 14.3 Å². The molecule has 6 nitrogen and oxygen atoms in total.